The highest BCUT2D eigenvalue weighted by molar-refractivity contribution is 8.77. The van der Waals surface area contributed by atoms with Crippen molar-refractivity contribution in [3.05, 3.63) is 48.1 Å². The molecule has 0 aliphatic carbocycles. The van der Waals surface area contributed by atoms with Crippen molar-refractivity contribution in [2.24, 2.45) is 0 Å². The standard InChI is InChI=1S/C25H31N3O5S2/c1-14(2)19(22(31)33-25(6,7)8)28-20(30)15(13-18(29)32-24(3,4)5)21(28)34-35-23-26-16-11-9-10-12-17(16)27-23/h9-13,19,21H,1H2,2-8H3,(H,26,27)/b15-13-/t19-,21-/m1/s1. The second-order valence-corrected chi connectivity index (χ2v) is 12.5. The van der Waals surface area contributed by atoms with Crippen LogP contribution in [0.2, 0.25) is 0 Å². The van der Waals surface area contributed by atoms with Crippen LogP contribution in [0, 0.1) is 0 Å². The number of rotatable bonds is 7. The molecule has 1 aromatic carbocycles. The molecule has 0 spiro atoms. The lowest BCUT2D eigenvalue weighted by Crippen LogP contribution is -2.61. The molecular weight excluding hydrogens is 486 g/mol. The number of aromatic amines is 1. The summed E-state index contributed by atoms with van der Waals surface area (Å²) in [7, 11) is 2.61. The second-order valence-electron chi connectivity index (χ2n) is 10.2. The number of nitrogens with zero attached hydrogens (tertiary/aromatic N) is 2. The number of benzene rings is 1. The van der Waals surface area contributed by atoms with Gasteiger partial charge in [0.15, 0.2) is 11.2 Å². The fraction of sp³-hybridized carbons (Fsp3) is 0.440. The maximum Gasteiger partial charge on any atom is 0.333 e. The number of H-pyrrole nitrogens is 1. The average molecular weight is 518 g/mol. The molecule has 1 fully saturated rings. The van der Waals surface area contributed by atoms with E-state index < -0.39 is 40.5 Å². The quantitative estimate of drug-likeness (QED) is 0.179. The van der Waals surface area contributed by atoms with Crippen LogP contribution in [-0.2, 0) is 23.9 Å². The number of fused-ring (bicyclic) bond motifs is 1. The smallest absolute Gasteiger partial charge is 0.333 e. The molecule has 10 heteroatoms. The number of hydrogen-bond acceptors (Lipinski definition) is 8. The number of ether oxygens (including phenoxy) is 2. The normalized spacial score (nSPS) is 18.4. The van der Waals surface area contributed by atoms with Gasteiger partial charge in [-0.25, -0.2) is 14.6 Å². The van der Waals surface area contributed by atoms with E-state index in [2.05, 4.69) is 16.5 Å². The van der Waals surface area contributed by atoms with Gasteiger partial charge in [-0.05, 0) is 77.0 Å². The molecule has 188 valence electrons. The predicted octanol–water partition coefficient (Wildman–Crippen LogP) is 5.03. The molecule has 0 unspecified atom stereocenters. The van der Waals surface area contributed by atoms with Gasteiger partial charge in [-0.15, -0.1) is 0 Å². The molecule has 2 heterocycles. The average Bonchev–Trinajstić information content (AvgIpc) is 3.11. The predicted molar refractivity (Wildman–Crippen MR) is 139 cm³/mol. The monoisotopic (exact) mass is 517 g/mol. The van der Waals surface area contributed by atoms with Gasteiger partial charge in [0.25, 0.3) is 5.91 Å². The molecule has 1 N–H and O–H groups in total. The zero-order valence-electron chi connectivity index (χ0n) is 21.0. The third kappa shape index (κ3) is 6.70. The second kappa shape index (κ2) is 10.1. The topological polar surface area (TPSA) is 102 Å². The number of carbonyl (C=O) groups excluding carboxylic acids is 3. The highest BCUT2D eigenvalue weighted by Crippen LogP contribution is 2.45. The van der Waals surface area contributed by atoms with E-state index in [0.717, 1.165) is 11.0 Å². The van der Waals surface area contributed by atoms with E-state index in [1.165, 1.54) is 32.6 Å². The van der Waals surface area contributed by atoms with Crippen molar-refractivity contribution < 1.29 is 23.9 Å². The Balaban J connectivity index is 1.90. The summed E-state index contributed by atoms with van der Waals surface area (Å²) in [6.45, 7) is 16.1. The van der Waals surface area contributed by atoms with Gasteiger partial charge >= 0.3 is 11.9 Å². The van der Waals surface area contributed by atoms with Gasteiger partial charge in [0, 0.05) is 6.08 Å². The van der Waals surface area contributed by atoms with Crippen molar-refractivity contribution in [3.63, 3.8) is 0 Å². The Kier molecular flexibility index (Phi) is 7.76. The molecule has 3 rings (SSSR count). The van der Waals surface area contributed by atoms with Crippen LogP contribution < -0.4 is 0 Å². The number of aromatic nitrogens is 2. The SMILES string of the molecule is C=C(C)[C@H](C(=O)OC(C)(C)C)N1C(=O)/C(=C/C(=O)OC(C)(C)C)[C@H]1SSc1nc2ccccc2[nH]1. The summed E-state index contributed by atoms with van der Waals surface area (Å²) in [6, 6.07) is 6.63. The van der Waals surface area contributed by atoms with Crippen molar-refractivity contribution >= 4 is 50.5 Å². The van der Waals surface area contributed by atoms with Crippen molar-refractivity contribution in [1.29, 1.82) is 0 Å². The van der Waals surface area contributed by atoms with Gasteiger partial charge < -0.3 is 19.4 Å². The minimum absolute atomic E-state index is 0.239. The maximum absolute atomic E-state index is 13.2. The first-order valence-corrected chi connectivity index (χ1v) is 13.3. The van der Waals surface area contributed by atoms with E-state index in [-0.39, 0.29) is 5.57 Å². The minimum atomic E-state index is -0.994. The Hall–Kier alpha value is -2.72. The van der Waals surface area contributed by atoms with Crippen LogP contribution in [0.3, 0.4) is 0 Å². The lowest BCUT2D eigenvalue weighted by atomic mass is 9.98. The number of carbonyl (C=O) groups is 3. The van der Waals surface area contributed by atoms with Crippen LogP contribution in [0.5, 0.6) is 0 Å². The number of imidazole rings is 1. The summed E-state index contributed by atoms with van der Waals surface area (Å²) >= 11 is 0. The Morgan fingerprint density at radius 3 is 2.34 bits per heavy atom. The van der Waals surface area contributed by atoms with Gasteiger partial charge in [-0.3, -0.25) is 4.79 Å². The minimum Gasteiger partial charge on any atom is -0.458 e. The van der Waals surface area contributed by atoms with Gasteiger partial charge in [-0.2, -0.15) is 0 Å². The van der Waals surface area contributed by atoms with Crippen molar-refractivity contribution in [1.82, 2.24) is 14.9 Å². The molecule has 0 bridgehead atoms. The molecule has 1 aromatic heterocycles. The first-order valence-electron chi connectivity index (χ1n) is 11.1. The maximum atomic E-state index is 13.2. The van der Waals surface area contributed by atoms with Gasteiger partial charge in [0.2, 0.25) is 0 Å². The lowest BCUT2D eigenvalue weighted by Gasteiger charge is -2.45. The van der Waals surface area contributed by atoms with Gasteiger partial charge in [0.05, 0.1) is 16.6 Å². The molecule has 0 saturated carbocycles. The van der Waals surface area contributed by atoms with E-state index in [1.54, 1.807) is 48.5 Å². The molecule has 8 nitrogen and oxygen atoms in total. The van der Waals surface area contributed by atoms with Crippen LogP contribution in [0.25, 0.3) is 11.0 Å². The molecule has 35 heavy (non-hydrogen) atoms. The summed E-state index contributed by atoms with van der Waals surface area (Å²) < 4.78 is 10.9. The first-order chi connectivity index (χ1) is 16.2. The van der Waals surface area contributed by atoms with Crippen LogP contribution in [0.15, 0.2) is 53.2 Å². The molecule has 1 saturated heterocycles. The zero-order chi connectivity index (χ0) is 26.1. The van der Waals surface area contributed by atoms with E-state index in [1.807, 2.05) is 24.3 Å². The Morgan fingerprint density at radius 1 is 1.14 bits per heavy atom. The molecule has 1 aliphatic rings. The summed E-state index contributed by atoms with van der Waals surface area (Å²) in [5, 5.41) is 0.0127. The Labute approximate surface area is 213 Å². The molecule has 2 atom stereocenters. The number of amides is 1. The van der Waals surface area contributed by atoms with E-state index in [4.69, 9.17) is 9.47 Å². The number of β-lactam (4-membered cyclic amide) rings is 1. The highest BCUT2D eigenvalue weighted by Gasteiger charge is 2.50. The Bertz CT molecular complexity index is 1160. The largest absolute Gasteiger partial charge is 0.458 e. The Morgan fingerprint density at radius 2 is 1.77 bits per heavy atom. The van der Waals surface area contributed by atoms with Gasteiger partial charge in [0.1, 0.15) is 16.6 Å². The summed E-state index contributed by atoms with van der Waals surface area (Å²) in [5.41, 5.74) is 0.958. The number of likely N-dealkylation sites (tertiary alicyclic amines) is 1. The van der Waals surface area contributed by atoms with Crippen LogP contribution in [0.1, 0.15) is 48.5 Å². The fourth-order valence-electron chi connectivity index (χ4n) is 3.36. The molecule has 0 radical (unpaired) electrons. The number of nitrogens with one attached hydrogen (secondary N) is 1. The number of esters is 2. The fourth-order valence-corrected chi connectivity index (χ4v) is 5.78. The number of hydrogen-bond donors (Lipinski definition) is 1. The van der Waals surface area contributed by atoms with Crippen molar-refractivity contribution in [2.75, 3.05) is 0 Å². The van der Waals surface area contributed by atoms with Crippen LogP contribution >= 0.6 is 21.6 Å². The van der Waals surface area contributed by atoms with Crippen LogP contribution in [-0.4, -0.2) is 55.3 Å². The summed E-state index contributed by atoms with van der Waals surface area (Å²) in [6.07, 6.45) is 1.20. The first kappa shape index (κ1) is 26.9. The van der Waals surface area contributed by atoms with Crippen molar-refractivity contribution in [2.45, 2.75) is 76.2 Å². The molecule has 1 amide bonds. The van der Waals surface area contributed by atoms with E-state index >= 15 is 0 Å². The molecule has 2 aromatic rings. The third-order valence-electron chi connectivity index (χ3n) is 4.64. The summed E-state index contributed by atoms with van der Waals surface area (Å²) in [4.78, 5) is 47.8. The zero-order valence-corrected chi connectivity index (χ0v) is 22.6. The van der Waals surface area contributed by atoms with Crippen molar-refractivity contribution in [3.8, 4) is 0 Å². The highest BCUT2D eigenvalue weighted by atomic mass is 33.1. The molecule has 1 aliphatic heterocycles. The van der Waals surface area contributed by atoms with E-state index in [9.17, 15) is 14.4 Å². The lowest BCUT2D eigenvalue weighted by molar-refractivity contribution is -0.164. The number of para-hydroxylation sites is 2. The van der Waals surface area contributed by atoms with Gasteiger partial charge in [-0.1, -0.05) is 29.5 Å². The summed E-state index contributed by atoms with van der Waals surface area (Å²) in [5.74, 6) is -1.64. The molecular formula is C25H31N3O5S2. The van der Waals surface area contributed by atoms with Crippen LogP contribution in [0.4, 0.5) is 0 Å². The third-order valence-corrected chi connectivity index (χ3v) is 7.06. The van der Waals surface area contributed by atoms with E-state index in [0.29, 0.717) is 10.7 Å².